The summed E-state index contributed by atoms with van der Waals surface area (Å²) in [5.74, 6) is 0.458. The van der Waals surface area contributed by atoms with Crippen LogP contribution < -0.4 is 21.5 Å². The number of carbonyl (C=O) groups excluding carboxylic acids is 1. The number of guanidine groups is 1. The molecule has 100 valence electrons. The molecule has 0 aliphatic carbocycles. The third kappa shape index (κ3) is 6.28. The molecule has 0 saturated heterocycles. The predicted octanol–water partition coefficient (Wildman–Crippen LogP) is 0.203. The third-order valence-electron chi connectivity index (χ3n) is 2.05. The molecule has 0 aliphatic heterocycles. The van der Waals surface area contributed by atoms with Crippen molar-refractivity contribution < 1.29 is 9.53 Å². The Morgan fingerprint density at radius 1 is 1.33 bits per heavy atom. The molecule has 6 nitrogen and oxygen atoms in total. The molecule has 0 saturated carbocycles. The zero-order valence-electron chi connectivity index (χ0n) is 10.1. The minimum Gasteiger partial charge on any atom is -0.497 e. The van der Waals surface area contributed by atoms with Gasteiger partial charge in [-0.2, -0.15) is 0 Å². The molecule has 0 aliphatic rings. The van der Waals surface area contributed by atoms with Crippen molar-refractivity contribution in [1.82, 2.24) is 5.32 Å². The Labute approximate surface area is 123 Å². The fourth-order valence-electron chi connectivity index (χ4n) is 1.16. The number of aliphatic imine (C=N–C) groups is 1. The van der Waals surface area contributed by atoms with E-state index in [2.05, 4.69) is 10.3 Å². The number of nitrogens with zero attached hydrogens (tertiary/aromatic N) is 1. The van der Waals surface area contributed by atoms with E-state index in [1.807, 2.05) is 24.3 Å². The third-order valence-corrected chi connectivity index (χ3v) is 2.05. The zero-order chi connectivity index (χ0) is 12.7. The lowest BCUT2D eigenvalue weighted by Crippen LogP contribution is -2.29. The summed E-state index contributed by atoms with van der Waals surface area (Å²) in [6.45, 7) is 0.376. The van der Waals surface area contributed by atoms with Crippen LogP contribution in [0.4, 0.5) is 0 Å². The molecule has 18 heavy (non-hydrogen) atoms. The summed E-state index contributed by atoms with van der Waals surface area (Å²) in [5, 5.41) is 2.69. The van der Waals surface area contributed by atoms with Crippen LogP contribution in [0.1, 0.15) is 5.56 Å². The summed E-state index contributed by atoms with van der Waals surface area (Å²) >= 11 is 0. The van der Waals surface area contributed by atoms with Crippen LogP contribution in [-0.2, 0) is 11.3 Å². The Morgan fingerprint density at radius 3 is 2.44 bits per heavy atom. The van der Waals surface area contributed by atoms with Crippen molar-refractivity contribution in [2.45, 2.75) is 6.54 Å². The van der Waals surface area contributed by atoms with E-state index in [1.165, 1.54) is 0 Å². The fourth-order valence-corrected chi connectivity index (χ4v) is 1.16. The lowest BCUT2D eigenvalue weighted by molar-refractivity contribution is -0.119. The highest BCUT2D eigenvalue weighted by Crippen LogP contribution is 2.10. The van der Waals surface area contributed by atoms with E-state index in [9.17, 15) is 4.79 Å². The number of methoxy groups -OCH3 is 1. The number of amides is 1. The molecule has 0 atom stereocenters. The van der Waals surface area contributed by atoms with Crippen LogP contribution in [0.25, 0.3) is 0 Å². The Kier molecular flexibility index (Phi) is 7.84. The zero-order valence-corrected chi connectivity index (χ0v) is 12.4. The number of benzene rings is 1. The minimum atomic E-state index is -0.228. The van der Waals surface area contributed by atoms with Crippen LogP contribution in [0.5, 0.6) is 5.75 Å². The molecule has 0 fully saturated rings. The number of nitrogens with one attached hydrogen (secondary N) is 1. The van der Waals surface area contributed by atoms with Gasteiger partial charge in [0.05, 0.1) is 7.11 Å². The number of rotatable bonds is 5. The molecule has 0 radical (unpaired) electrons. The highest BCUT2D eigenvalue weighted by Gasteiger charge is 2.00. The first-order valence-corrected chi connectivity index (χ1v) is 5.07. The van der Waals surface area contributed by atoms with E-state index in [4.69, 9.17) is 16.2 Å². The second-order valence-corrected chi connectivity index (χ2v) is 3.37. The monoisotopic (exact) mass is 364 g/mol. The van der Waals surface area contributed by atoms with Crippen molar-refractivity contribution in [3.8, 4) is 5.75 Å². The topological polar surface area (TPSA) is 103 Å². The van der Waals surface area contributed by atoms with Gasteiger partial charge < -0.3 is 21.5 Å². The summed E-state index contributed by atoms with van der Waals surface area (Å²) in [4.78, 5) is 14.9. The Bertz CT molecular complexity index is 402. The molecule has 0 spiro atoms. The molecule has 0 bridgehead atoms. The fraction of sp³-hybridized carbons (Fsp3) is 0.273. The van der Waals surface area contributed by atoms with E-state index in [0.29, 0.717) is 6.54 Å². The number of hydrogen-bond donors (Lipinski definition) is 3. The summed E-state index contributed by atoms with van der Waals surface area (Å²) in [6.07, 6.45) is 0. The van der Waals surface area contributed by atoms with Crippen molar-refractivity contribution in [2.75, 3.05) is 13.7 Å². The van der Waals surface area contributed by atoms with Gasteiger partial charge >= 0.3 is 0 Å². The molecule has 1 aromatic rings. The number of hydrogen-bond acceptors (Lipinski definition) is 3. The molecule has 5 N–H and O–H groups in total. The Morgan fingerprint density at radius 2 is 1.94 bits per heavy atom. The van der Waals surface area contributed by atoms with Crippen LogP contribution in [-0.4, -0.2) is 25.5 Å². The molecule has 0 heterocycles. The normalized spacial score (nSPS) is 8.94. The average Bonchev–Trinajstić information content (AvgIpc) is 2.34. The SMILES string of the molecule is COc1ccc(CNC(=O)CN=C(N)N)cc1.I. The van der Waals surface area contributed by atoms with Gasteiger partial charge in [-0.25, -0.2) is 4.99 Å². The highest BCUT2D eigenvalue weighted by atomic mass is 127. The van der Waals surface area contributed by atoms with E-state index in [1.54, 1.807) is 7.11 Å². The van der Waals surface area contributed by atoms with Gasteiger partial charge in [0.25, 0.3) is 0 Å². The van der Waals surface area contributed by atoms with Gasteiger partial charge in [-0.15, -0.1) is 24.0 Å². The maximum absolute atomic E-state index is 11.3. The minimum absolute atomic E-state index is 0. The van der Waals surface area contributed by atoms with Gasteiger partial charge in [0.1, 0.15) is 12.3 Å². The molecule has 1 aromatic carbocycles. The Balaban J connectivity index is 0.00000289. The maximum atomic E-state index is 11.3. The van der Waals surface area contributed by atoms with Crippen molar-refractivity contribution in [3.05, 3.63) is 29.8 Å². The number of nitrogens with two attached hydrogens (primary N) is 2. The van der Waals surface area contributed by atoms with Gasteiger partial charge in [-0.3, -0.25) is 4.79 Å². The van der Waals surface area contributed by atoms with Gasteiger partial charge in [0.15, 0.2) is 5.96 Å². The maximum Gasteiger partial charge on any atom is 0.242 e. The molecule has 1 rings (SSSR count). The van der Waals surface area contributed by atoms with E-state index < -0.39 is 0 Å². The van der Waals surface area contributed by atoms with Crippen molar-refractivity contribution in [1.29, 1.82) is 0 Å². The first-order valence-electron chi connectivity index (χ1n) is 5.07. The van der Waals surface area contributed by atoms with Gasteiger partial charge in [-0.05, 0) is 17.7 Å². The Hall–Kier alpha value is -1.51. The lowest BCUT2D eigenvalue weighted by atomic mass is 10.2. The van der Waals surface area contributed by atoms with Crippen LogP contribution >= 0.6 is 24.0 Å². The van der Waals surface area contributed by atoms with Gasteiger partial charge in [-0.1, -0.05) is 12.1 Å². The van der Waals surface area contributed by atoms with E-state index >= 15 is 0 Å². The molecular formula is C11H17IN4O2. The van der Waals surface area contributed by atoms with Crippen LogP contribution in [0.2, 0.25) is 0 Å². The lowest BCUT2D eigenvalue weighted by Gasteiger charge is -2.05. The standard InChI is InChI=1S/C11H16N4O2.HI/c1-17-9-4-2-8(3-5-9)6-14-10(16)7-15-11(12)13;/h2-5H,6-7H2,1H3,(H,14,16)(H4,12,13,15);1H. The summed E-state index contributed by atoms with van der Waals surface area (Å²) in [6, 6.07) is 7.41. The van der Waals surface area contributed by atoms with Crippen molar-refractivity contribution >= 4 is 35.8 Å². The summed E-state index contributed by atoms with van der Waals surface area (Å²) < 4.78 is 5.03. The first-order chi connectivity index (χ1) is 8.11. The molecule has 1 amide bonds. The first kappa shape index (κ1) is 16.5. The van der Waals surface area contributed by atoms with Gasteiger partial charge in [0.2, 0.25) is 5.91 Å². The number of halogens is 1. The predicted molar refractivity (Wildman–Crippen MR) is 80.9 cm³/mol. The molecule has 7 heteroatoms. The molecule has 0 unspecified atom stereocenters. The molecular weight excluding hydrogens is 347 g/mol. The number of carbonyl (C=O) groups is 1. The quantitative estimate of drug-likeness (QED) is 0.395. The van der Waals surface area contributed by atoms with Gasteiger partial charge in [0, 0.05) is 6.54 Å². The molecule has 0 aromatic heterocycles. The van der Waals surface area contributed by atoms with Crippen molar-refractivity contribution in [2.24, 2.45) is 16.5 Å². The summed E-state index contributed by atoms with van der Waals surface area (Å²) in [7, 11) is 1.60. The van der Waals surface area contributed by atoms with Crippen LogP contribution in [0.15, 0.2) is 29.3 Å². The van der Waals surface area contributed by atoms with Crippen LogP contribution in [0.3, 0.4) is 0 Å². The second kappa shape index (κ2) is 8.56. The largest absolute Gasteiger partial charge is 0.497 e. The van der Waals surface area contributed by atoms with E-state index in [0.717, 1.165) is 11.3 Å². The second-order valence-electron chi connectivity index (χ2n) is 3.37. The van der Waals surface area contributed by atoms with Crippen LogP contribution in [0, 0.1) is 0 Å². The summed E-state index contributed by atoms with van der Waals surface area (Å²) in [5.41, 5.74) is 11.2. The number of ether oxygens (including phenoxy) is 1. The average molecular weight is 364 g/mol. The van der Waals surface area contributed by atoms with E-state index in [-0.39, 0.29) is 42.4 Å². The highest BCUT2D eigenvalue weighted by molar-refractivity contribution is 14.0. The van der Waals surface area contributed by atoms with Crippen molar-refractivity contribution in [3.63, 3.8) is 0 Å². The smallest absolute Gasteiger partial charge is 0.242 e.